The third-order valence-corrected chi connectivity index (χ3v) is 3.39. The molecule has 1 rings (SSSR count). The molecular weight excluding hydrogens is 172 g/mol. The lowest BCUT2D eigenvalue weighted by Crippen LogP contribution is -2.43. The fourth-order valence-corrected chi connectivity index (χ4v) is 2.75. The quantitative estimate of drug-likeness (QED) is 0.683. The summed E-state index contributed by atoms with van der Waals surface area (Å²) in [6.07, 6.45) is 5.68. The third-order valence-electron chi connectivity index (χ3n) is 3.39. The van der Waals surface area contributed by atoms with E-state index in [-0.39, 0.29) is 5.92 Å². The van der Waals surface area contributed by atoms with Gasteiger partial charge in [0.25, 0.3) is 0 Å². The van der Waals surface area contributed by atoms with E-state index in [1.165, 1.54) is 6.42 Å². The zero-order valence-electron chi connectivity index (χ0n) is 9.42. The summed E-state index contributed by atoms with van der Waals surface area (Å²) in [6.45, 7) is 11.9. The van der Waals surface area contributed by atoms with Gasteiger partial charge in [-0.05, 0) is 38.5 Å². The van der Waals surface area contributed by atoms with Crippen LogP contribution in [0.25, 0.3) is 0 Å². The van der Waals surface area contributed by atoms with Crippen molar-refractivity contribution >= 4 is 0 Å². The monoisotopic (exact) mass is 194 g/mol. The van der Waals surface area contributed by atoms with Gasteiger partial charge in [-0.2, -0.15) is 0 Å². The molecule has 1 heteroatoms. The average Bonchev–Trinajstić information content (AvgIpc) is 2.02. The lowest BCUT2D eigenvalue weighted by Gasteiger charge is -2.42. The molecule has 1 nitrogen and oxygen atoms in total. The van der Waals surface area contributed by atoms with Gasteiger partial charge in [0.15, 0.2) is 0 Å². The molecule has 1 N–H and O–H groups in total. The van der Waals surface area contributed by atoms with Crippen LogP contribution in [0.4, 0.5) is 0 Å². The van der Waals surface area contributed by atoms with E-state index in [1.54, 1.807) is 0 Å². The summed E-state index contributed by atoms with van der Waals surface area (Å²) in [6, 6.07) is 0. The largest absolute Gasteiger partial charge is 0.389 e. The summed E-state index contributed by atoms with van der Waals surface area (Å²) >= 11 is 0. The van der Waals surface area contributed by atoms with Crippen molar-refractivity contribution in [3.63, 3.8) is 0 Å². The lowest BCUT2D eigenvalue weighted by molar-refractivity contribution is -0.0468. The number of aliphatic hydroxyl groups is 1. The van der Waals surface area contributed by atoms with Crippen LogP contribution in [0.1, 0.15) is 39.5 Å². The molecule has 1 aliphatic carbocycles. The molecule has 0 amide bonds. The van der Waals surface area contributed by atoms with Gasteiger partial charge in [-0.25, -0.2) is 0 Å². The Hall–Kier alpha value is -0.560. The zero-order valence-corrected chi connectivity index (χ0v) is 9.42. The fraction of sp³-hybridized carbons (Fsp3) is 0.692. The minimum atomic E-state index is -0.578. The molecule has 0 aromatic rings. The van der Waals surface area contributed by atoms with E-state index in [1.807, 2.05) is 13.0 Å². The average molecular weight is 194 g/mol. The van der Waals surface area contributed by atoms with Crippen LogP contribution in [0.3, 0.4) is 0 Å². The van der Waals surface area contributed by atoms with Gasteiger partial charge in [-0.15, -0.1) is 6.58 Å². The summed E-state index contributed by atoms with van der Waals surface area (Å²) in [7, 11) is 0. The summed E-state index contributed by atoms with van der Waals surface area (Å²) in [5.41, 5.74) is 0.534. The highest BCUT2D eigenvalue weighted by Gasteiger charge is 2.40. The minimum Gasteiger partial charge on any atom is -0.389 e. The van der Waals surface area contributed by atoms with E-state index in [0.29, 0.717) is 12.3 Å². The molecule has 0 unspecified atom stereocenters. The van der Waals surface area contributed by atoms with E-state index >= 15 is 0 Å². The van der Waals surface area contributed by atoms with Crippen LogP contribution < -0.4 is 0 Å². The molecule has 0 bridgehead atoms. The van der Waals surface area contributed by atoms with Crippen molar-refractivity contribution in [2.75, 3.05) is 0 Å². The standard InChI is InChI=1S/C13H22O/c1-5-8-13(14)9-11(4)6-7-12(13)10(2)3/h5,11-12,14H,1-2,6-9H2,3-4H3/t11-,12+,13+/m1/s1. The second-order valence-electron chi connectivity index (χ2n) is 4.88. The van der Waals surface area contributed by atoms with Gasteiger partial charge in [-0.3, -0.25) is 0 Å². The van der Waals surface area contributed by atoms with Gasteiger partial charge in [0.2, 0.25) is 0 Å². The van der Waals surface area contributed by atoms with E-state index in [4.69, 9.17) is 0 Å². The highest BCUT2D eigenvalue weighted by Crippen LogP contribution is 2.42. The highest BCUT2D eigenvalue weighted by atomic mass is 16.3. The van der Waals surface area contributed by atoms with Crippen molar-refractivity contribution in [2.45, 2.75) is 45.1 Å². The summed E-state index contributed by atoms with van der Waals surface area (Å²) in [5, 5.41) is 10.5. The van der Waals surface area contributed by atoms with Crippen LogP contribution >= 0.6 is 0 Å². The van der Waals surface area contributed by atoms with Gasteiger partial charge in [0.1, 0.15) is 0 Å². The van der Waals surface area contributed by atoms with Crippen molar-refractivity contribution in [3.05, 3.63) is 24.8 Å². The van der Waals surface area contributed by atoms with Crippen molar-refractivity contribution in [1.82, 2.24) is 0 Å². The topological polar surface area (TPSA) is 20.2 Å². The van der Waals surface area contributed by atoms with Crippen LogP contribution in [0, 0.1) is 11.8 Å². The molecule has 80 valence electrons. The van der Waals surface area contributed by atoms with Crippen molar-refractivity contribution in [3.8, 4) is 0 Å². The van der Waals surface area contributed by atoms with Crippen LogP contribution in [0.5, 0.6) is 0 Å². The first kappa shape index (κ1) is 11.5. The Morgan fingerprint density at radius 2 is 2.21 bits per heavy atom. The molecule has 0 heterocycles. The molecule has 1 saturated carbocycles. The number of hydrogen-bond acceptors (Lipinski definition) is 1. The van der Waals surface area contributed by atoms with Gasteiger partial charge in [0.05, 0.1) is 5.60 Å². The van der Waals surface area contributed by atoms with E-state index in [0.717, 1.165) is 18.4 Å². The second kappa shape index (κ2) is 4.31. The minimum absolute atomic E-state index is 0.261. The smallest absolute Gasteiger partial charge is 0.0749 e. The van der Waals surface area contributed by atoms with E-state index in [9.17, 15) is 5.11 Å². The van der Waals surface area contributed by atoms with Crippen molar-refractivity contribution in [2.24, 2.45) is 11.8 Å². The molecular formula is C13H22O. The van der Waals surface area contributed by atoms with Crippen LogP contribution in [-0.4, -0.2) is 10.7 Å². The SMILES string of the molecule is C=CC[C@]1(O)C[C@H](C)CC[C@H]1C(=C)C. The molecule has 0 radical (unpaired) electrons. The van der Waals surface area contributed by atoms with Gasteiger partial charge in [-0.1, -0.05) is 25.2 Å². The maximum Gasteiger partial charge on any atom is 0.0749 e. The van der Waals surface area contributed by atoms with Crippen molar-refractivity contribution < 1.29 is 5.11 Å². The van der Waals surface area contributed by atoms with Gasteiger partial charge < -0.3 is 5.11 Å². The van der Waals surface area contributed by atoms with Crippen molar-refractivity contribution in [1.29, 1.82) is 0 Å². The normalized spacial score (nSPS) is 37.9. The Kier molecular flexibility index (Phi) is 3.54. The molecule has 0 aliphatic heterocycles. The summed E-state index contributed by atoms with van der Waals surface area (Å²) in [4.78, 5) is 0. The number of hydrogen-bond donors (Lipinski definition) is 1. The number of rotatable bonds is 3. The predicted octanol–water partition coefficient (Wildman–Crippen LogP) is 3.31. The Morgan fingerprint density at radius 3 is 2.71 bits per heavy atom. The van der Waals surface area contributed by atoms with Gasteiger partial charge >= 0.3 is 0 Å². The summed E-state index contributed by atoms with van der Waals surface area (Å²) in [5.74, 6) is 0.882. The van der Waals surface area contributed by atoms with E-state index in [2.05, 4.69) is 20.1 Å². The molecule has 1 aliphatic rings. The first-order valence-electron chi connectivity index (χ1n) is 5.48. The third kappa shape index (κ3) is 2.27. The molecule has 1 fully saturated rings. The second-order valence-corrected chi connectivity index (χ2v) is 4.88. The molecule has 14 heavy (non-hydrogen) atoms. The van der Waals surface area contributed by atoms with Gasteiger partial charge in [0, 0.05) is 5.92 Å². The molecule has 0 saturated heterocycles. The van der Waals surface area contributed by atoms with Crippen LogP contribution in [-0.2, 0) is 0 Å². The maximum atomic E-state index is 10.5. The predicted molar refractivity (Wildman–Crippen MR) is 61.1 cm³/mol. The molecule has 0 aromatic carbocycles. The zero-order chi connectivity index (χ0) is 10.8. The summed E-state index contributed by atoms with van der Waals surface area (Å²) < 4.78 is 0. The van der Waals surface area contributed by atoms with Crippen LogP contribution in [0.2, 0.25) is 0 Å². The Labute approximate surface area is 87.5 Å². The maximum absolute atomic E-state index is 10.5. The fourth-order valence-electron chi connectivity index (χ4n) is 2.75. The molecule has 0 spiro atoms. The molecule has 0 aromatic heterocycles. The Bertz CT molecular complexity index is 231. The Morgan fingerprint density at radius 1 is 1.57 bits per heavy atom. The Balaban J connectivity index is 2.82. The van der Waals surface area contributed by atoms with E-state index < -0.39 is 5.60 Å². The first-order valence-corrected chi connectivity index (χ1v) is 5.48. The first-order chi connectivity index (χ1) is 6.49. The highest BCUT2D eigenvalue weighted by molar-refractivity contribution is 5.09. The lowest BCUT2D eigenvalue weighted by atomic mass is 9.67. The van der Waals surface area contributed by atoms with Crippen LogP contribution in [0.15, 0.2) is 24.8 Å². The molecule has 3 atom stereocenters.